The number of esters is 1. The van der Waals surface area contributed by atoms with E-state index in [1.807, 2.05) is 6.07 Å². The number of hydrogen-bond acceptors (Lipinski definition) is 5. The summed E-state index contributed by atoms with van der Waals surface area (Å²) < 4.78 is 6.14. The number of rotatable bonds is 4. The van der Waals surface area contributed by atoms with Gasteiger partial charge in [0.25, 0.3) is 11.8 Å². The fraction of sp³-hybridized carbons (Fsp3) is 0.333. The van der Waals surface area contributed by atoms with Gasteiger partial charge >= 0.3 is 5.97 Å². The van der Waals surface area contributed by atoms with Crippen molar-refractivity contribution in [3.05, 3.63) is 47.8 Å². The van der Waals surface area contributed by atoms with Crippen LogP contribution >= 0.6 is 0 Å². The first-order chi connectivity index (χ1) is 12.5. The van der Waals surface area contributed by atoms with Crippen molar-refractivity contribution in [2.24, 2.45) is 11.7 Å². The van der Waals surface area contributed by atoms with Crippen LogP contribution < -0.4 is 5.73 Å². The van der Waals surface area contributed by atoms with Crippen molar-refractivity contribution in [2.45, 2.75) is 12.8 Å². The predicted molar refractivity (Wildman–Crippen MR) is 92.7 cm³/mol. The highest BCUT2D eigenvalue weighted by Crippen LogP contribution is 2.20. The molecule has 8 heteroatoms. The molecule has 1 aromatic carbocycles. The van der Waals surface area contributed by atoms with E-state index in [-0.39, 0.29) is 35.7 Å². The molecule has 2 amide bonds. The number of ether oxygens (including phenoxy) is 1. The van der Waals surface area contributed by atoms with Gasteiger partial charge in [-0.2, -0.15) is 5.10 Å². The fourth-order valence-corrected chi connectivity index (χ4v) is 3.11. The van der Waals surface area contributed by atoms with Gasteiger partial charge in [-0.15, -0.1) is 0 Å². The summed E-state index contributed by atoms with van der Waals surface area (Å²) in [5.41, 5.74) is 6.31. The molecule has 2 aromatic rings. The Bertz CT molecular complexity index is 831. The maximum Gasteiger partial charge on any atom is 0.310 e. The molecule has 1 atom stereocenters. The number of piperidine rings is 1. The van der Waals surface area contributed by atoms with Gasteiger partial charge in [-0.25, -0.2) is 4.68 Å². The van der Waals surface area contributed by atoms with Crippen LogP contribution in [0.15, 0.2) is 36.4 Å². The molecular weight excluding hydrogens is 336 g/mol. The molecular formula is C18H20N4O4. The maximum absolute atomic E-state index is 12.8. The number of carbonyl (C=O) groups excluding carboxylic acids is 3. The van der Waals surface area contributed by atoms with Crippen molar-refractivity contribution >= 4 is 17.8 Å². The summed E-state index contributed by atoms with van der Waals surface area (Å²) in [6.07, 6.45) is 1.38. The van der Waals surface area contributed by atoms with Crippen LogP contribution in [0.3, 0.4) is 0 Å². The van der Waals surface area contributed by atoms with Gasteiger partial charge in [0.2, 0.25) is 0 Å². The second-order valence-electron chi connectivity index (χ2n) is 6.14. The van der Waals surface area contributed by atoms with Crippen molar-refractivity contribution in [2.75, 3.05) is 20.2 Å². The van der Waals surface area contributed by atoms with Crippen molar-refractivity contribution < 1.29 is 19.1 Å². The highest BCUT2D eigenvalue weighted by molar-refractivity contribution is 5.98. The zero-order valence-electron chi connectivity index (χ0n) is 14.4. The molecule has 1 aliphatic heterocycles. The Morgan fingerprint density at radius 2 is 1.96 bits per heavy atom. The van der Waals surface area contributed by atoms with E-state index < -0.39 is 5.91 Å². The molecule has 0 spiro atoms. The molecule has 0 unspecified atom stereocenters. The number of hydrogen-bond donors (Lipinski definition) is 1. The van der Waals surface area contributed by atoms with E-state index in [1.165, 1.54) is 17.9 Å². The van der Waals surface area contributed by atoms with Crippen LogP contribution in [0.5, 0.6) is 0 Å². The lowest BCUT2D eigenvalue weighted by molar-refractivity contribution is -0.146. The first kappa shape index (κ1) is 17.7. The van der Waals surface area contributed by atoms with E-state index in [0.29, 0.717) is 25.1 Å². The topological polar surface area (TPSA) is 108 Å². The number of likely N-dealkylation sites (tertiary alicyclic amines) is 1. The van der Waals surface area contributed by atoms with Crippen LogP contribution in [-0.4, -0.2) is 52.7 Å². The van der Waals surface area contributed by atoms with Gasteiger partial charge in [-0.1, -0.05) is 18.2 Å². The lowest BCUT2D eigenvalue weighted by Crippen LogP contribution is -2.42. The number of benzene rings is 1. The smallest absolute Gasteiger partial charge is 0.310 e. The molecule has 2 N–H and O–H groups in total. The van der Waals surface area contributed by atoms with Crippen LogP contribution in [0, 0.1) is 5.92 Å². The minimum absolute atomic E-state index is 0.119. The third-order valence-corrected chi connectivity index (χ3v) is 4.42. The number of para-hydroxylation sites is 1. The number of methoxy groups -OCH3 is 1. The summed E-state index contributed by atoms with van der Waals surface area (Å²) in [4.78, 5) is 37.9. The van der Waals surface area contributed by atoms with Gasteiger partial charge < -0.3 is 15.4 Å². The molecule has 8 nitrogen and oxygen atoms in total. The lowest BCUT2D eigenvalue weighted by atomic mass is 9.98. The molecule has 136 valence electrons. The first-order valence-electron chi connectivity index (χ1n) is 8.33. The number of nitrogens with two attached hydrogens (primary N) is 1. The van der Waals surface area contributed by atoms with Gasteiger partial charge in [0.1, 0.15) is 5.69 Å². The average molecular weight is 356 g/mol. The van der Waals surface area contributed by atoms with E-state index in [1.54, 1.807) is 29.2 Å². The molecule has 0 aliphatic carbocycles. The van der Waals surface area contributed by atoms with E-state index >= 15 is 0 Å². The molecule has 3 rings (SSSR count). The maximum atomic E-state index is 12.8. The molecule has 26 heavy (non-hydrogen) atoms. The van der Waals surface area contributed by atoms with E-state index in [9.17, 15) is 14.4 Å². The lowest BCUT2D eigenvalue weighted by Gasteiger charge is -2.30. The molecule has 0 bridgehead atoms. The predicted octanol–water partition coefficient (Wildman–Crippen LogP) is 0.996. The SMILES string of the molecule is COC(=O)[C@H]1CCCN(C(=O)c2cc(C(N)=O)n(-c3ccccc3)n2)C1. The van der Waals surface area contributed by atoms with Crippen molar-refractivity contribution in [3.63, 3.8) is 0 Å². The van der Waals surface area contributed by atoms with E-state index in [2.05, 4.69) is 5.10 Å². The van der Waals surface area contributed by atoms with Crippen LogP contribution in [0.2, 0.25) is 0 Å². The van der Waals surface area contributed by atoms with Gasteiger partial charge in [-0.3, -0.25) is 14.4 Å². The second-order valence-corrected chi connectivity index (χ2v) is 6.14. The molecule has 1 aliphatic rings. The zero-order valence-corrected chi connectivity index (χ0v) is 14.4. The van der Waals surface area contributed by atoms with Gasteiger partial charge in [-0.05, 0) is 25.0 Å². The molecule has 1 fully saturated rings. The summed E-state index contributed by atoms with van der Waals surface area (Å²) >= 11 is 0. The number of nitrogens with zero attached hydrogens (tertiary/aromatic N) is 3. The Kier molecular flexibility index (Phi) is 5.01. The third-order valence-electron chi connectivity index (χ3n) is 4.42. The normalized spacial score (nSPS) is 17.0. The van der Waals surface area contributed by atoms with E-state index in [0.717, 1.165) is 0 Å². The Hall–Kier alpha value is -3.16. The Balaban J connectivity index is 1.88. The monoisotopic (exact) mass is 356 g/mol. The van der Waals surface area contributed by atoms with Crippen LogP contribution in [0.1, 0.15) is 33.8 Å². The number of primary amides is 1. The number of carbonyl (C=O) groups is 3. The highest BCUT2D eigenvalue weighted by Gasteiger charge is 2.31. The molecule has 0 saturated carbocycles. The summed E-state index contributed by atoms with van der Waals surface area (Å²) in [5, 5.41) is 4.28. The van der Waals surface area contributed by atoms with Gasteiger partial charge in [0, 0.05) is 19.2 Å². The van der Waals surface area contributed by atoms with Crippen LogP contribution in [0.25, 0.3) is 5.69 Å². The average Bonchev–Trinajstić information content (AvgIpc) is 3.13. The minimum atomic E-state index is -0.675. The van der Waals surface area contributed by atoms with Crippen LogP contribution in [0.4, 0.5) is 0 Å². The number of amides is 2. The summed E-state index contributed by atoms with van der Waals surface area (Å²) in [6.45, 7) is 0.798. The van der Waals surface area contributed by atoms with Crippen molar-refractivity contribution in [1.29, 1.82) is 0 Å². The molecule has 1 saturated heterocycles. The molecule has 1 aromatic heterocycles. The number of aromatic nitrogens is 2. The first-order valence-corrected chi connectivity index (χ1v) is 8.33. The largest absolute Gasteiger partial charge is 0.469 e. The van der Waals surface area contributed by atoms with E-state index in [4.69, 9.17) is 10.5 Å². The zero-order chi connectivity index (χ0) is 18.7. The van der Waals surface area contributed by atoms with Crippen molar-refractivity contribution in [3.8, 4) is 5.69 Å². The molecule has 2 heterocycles. The van der Waals surface area contributed by atoms with Crippen LogP contribution in [-0.2, 0) is 9.53 Å². The summed E-state index contributed by atoms with van der Waals surface area (Å²) in [7, 11) is 1.34. The van der Waals surface area contributed by atoms with Crippen molar-refractivity contribution in [1.82, 2.24) is 14.7 Å². The second kappa shape index (κ2) is 7.38. The fourth-order valence-electron chi connectivity index (χ4n) is 3.11. The highest BCUT2D eigenvalue weighted by atomic mass is 16.5. The Morgan fingerprint density at radius 3 is 2.62 bits per heavy atom. The summed E-state index contributed by atoms with van der Waals surface area (Å²) in [5.74, 6) is -1.68. The standard InChI is InChI=1S/C18H20N4O4/c1-26-18(25)12-6-5-9-21(11-12)17(24)14-10-15(16(19)23)22(20-14)13-7-3-2-4-8-13/h2-4,7-8,10,12H,5-6,9,11H2,1H3,(H2,19,23)/t12-/m0/s1. The van der Waals surface area contributed by atoms with Gasteiger partial charge in [0.15, 0.2) is 5.69 Å². The minimum Gasteiger partial charge on any atom is -0.469 e. The Morgan fingerprint density at radius 1 is 1.23 bits per heavy atom. The third kappa shape index (κ3) is 3.44. The summed E-state index contributed by atoms with van der Waals surface area (Å²) in [6, 6.07) is 10.4. The Labute approximate surface area is 150 Å². The molecule has 0 radical (unpaired) electrons. The quantitative estimate of drug-likeness (QED) is 0.822. The van der Waals surface area contributed by atoms with Gasteiger partial charge in [0.05, 0.1) is 18.7 Å².